The molecule has 1 aromatic carbocycles. The van der Waals surface area contributed by atoms with Gasteiger partial charge in [0.05, 0.1) is 16.1 Å². The number of amides is 1. The maximum Gasteiger partial charge on any atom is 0.416 e. The van der Waals surface area contributed by atoms with Crippen molar-refractivity contribution < 1.29 is 18.0 Å². The van der Waals surface area contributed by atoms with Crippen LogP contribution in [0.5, 0.6) is 0 Å². The zero-order valence-electron chi connectivity index (χ0n) is 12.9. The number of alkyl halides is 3. The van der Waals surface area contributed by atoms with E-state index in [1.54, 1.807) is 6.20 Å². The number of halogens is 4. The molecule has 1 aliphatic carbocycles. The molecule has 0 fully saturated rings. The quantitative estimate of drug-likeness (QED) is 0.851. The van der Waals surface area contributed by atoms with Crippen LogP contribution in [0.3, 0.4) is 0 Å². The number of aryl methyl sites for hydroxylation is 1. The third kappa shape index (κ3) is 3.84. The lowest BCUT2D eigenvalue weighted by Gasteiger charge is -2.25. The highest BCUT2D eigenvalue weighted by Crippen LogP contribution is 2.32. The maximum atomic E-state index is 12.8. The molecule has 1 atom stereocenters. The average Bonchev–Trinajstić information content (AvgIpc) is 2.54. The number of fused-ring (bicyclic) bond motifs is 1. The Hall–Kier alpha value is -2.35. The number of carbonyl (C=O) groups excluding carboxylic acids is 1. The molecule has 1 heterocycles. The van der Waals surface area contributed by atoms with Gasteiger partial charge in [-0.15, -0.1) is 0 Å². The summed E-state index contributed by atoms with van der Waals surface area (Å²) in [5.41, 5.74) is 6.12. The molecule has 0 bridgehead atoms. The number of nitrogen functional groups attached to an aromatic ring is 1. The van der Waals surface area contributed by atoms with E-state index in [-0.39, 0.29) is 22.6 Å². The summed E-state index contributed by atoms with van der Waals surface area (Å²) in [5.74, 6) is -0.446. The highest BCUT2D eigenvalue weighted by molar-refractivity contribution is 6.33. The Morgan fingerprint density at radius 1 is 1.36 bits per heavy atom. The highest BCUT2D eigenvalue weighted by atomic mass is 35.5. The Balaban J connectivity index is 1.76. The van der Waals surface area contributed by atoms with Crippen LogP contribution in [0.2, 0.25) is 5.02 Å². The van der Waals surface area contributed by atoms with Crippen LogP contribution >= 0.6 is 11.6 Å². The van der Waals surface area contributed by atoms with Crippen molar-refractivity contribution in [2.45, 2.75) is 31.5 Å². The molecule has 3 N–H and O–H groups in total. The summed E-state index contributed by atoms with van der Waals surface area (Å²) < 4.78 is 38.5. The summed E-state index contributed by atoms with van der Waals surface area (Å²) in [6.45, 7) is 0. The second-order valence-corrected chi connectivity index (χ2v) is 6.21. The molecular formula is C16H14ClF3N4O. The van der Waals surface area contributed by atoms with Gasteiger partial charge in [0.2, 0.25) is 5.95 Å². The molecule has 25 heavy (non-hydrogen) atoms. The smallest absolute Gasteiger partial charge is 0.368 e. The van der Waals surface area contributed by atoms with Crippen molar-refractivity contribution in [2.75, 3.05) is 5.73 Å². The van der Waals surface area contributed by atoms with Gasteiger partial charge < -0.3 is 11.1 Å². The molecule has 0 saturated heterocycles. The van der Waals surface area contributed by atoms with E-state index in [2.05, 4.69) is 15.3 Å². The predicted octanol–water partition coefficient (Wildman–Crippen LogP) is 3.02. The van der Waals surface area contributed by atoms with E-state index in [1.165, 1.54) is 0 Å². The number of hydrogen-bond donors (Lipinski definition) is 2. The fourth-order valence-electron chi connectivity index (χ4n) is 2.78. The number of rotatable bonds is 2. The zero-order chi connectivity index (χ0) is 18.2. The lowest BCUT2D eigenvalue weighted by molar-refractivity contribution is -0.137. The van der Waals surface area contributed by atoms with Gasteiger partial charge in [0.1, 0.15) is 0 Å². The van der Waals surface area contributed by atoms with Crippen molar-refractivity contribution in [3.8, 4) is 0 Å². The van der Waals surface area contributed by atoms with Gasteiger partial charge in [-0.25, -0.2) is 9.97 Å². The third-order valence-electron chi connectivity index (χ3n) is 4.04. The minimum absolute atomic E-state index is 0.0298. The second-order valence-electron chi connectivity index (χ2n) is 5.81. The molecule has 1 aromatic heterocycles. The van der Waals surface area contributed by atoms with Crippen LogP contribution < -0.4 is 11.1 Å². The molecule has 2 aromatic rings. The molecule has 0 saturated carbocycles. The van der Waals surface area contributed by atoms with E-state index < -0.39 is 17.6 Å². The first-order valence-electron chi connectivity index (χ1n) is 7.52. The topological polar surface area (TPSA) is 80.9 Å². The highest BCUT2D eigenvalue weighted by Gasteiger charge is 2.32. The van der Waals surface area contributed by atoms with Crippen LogP contribution in [0.15, 0.2) is 24.4 Å². The van der Waals surface area contributed by atoms with E-state index in [9.17, 15) is 18.0 Å². The van der Waals surface area contributed by atoms with Crippen LogP contribution in [0.1, 0.15) is 33.6 Å². The molecule has 5 nitrogen and oxygen atoms in total. The van der Waals surface area contributed by atoms with Crippen LogP contribution in [0, 0.1) is 0 Å². The normalized spacial score (nSPS) is 17.0. The van der Waals surface area contributed by atoms with Gasteiger partial charge in [-0.05, 0) is 43.0 Å². The predicted molar refractivity (Wildman–Crippen MR) is 86.2 cm³/mol. The van der Waals surface area contributed by atoms with E-state index in [0.29, 0.717) is 19.3 Å². The monoisotopic (exact) mass is 370 g/mol. The second kappa shape index (κ2) is 6.51. The molecular weight excluding hydrogens is 357 g/mol. The summed E-state index contributed by atoms with van der Waals surface area (Å²) in [5, 5.41) is 2.70. The lowest BCUT2D eigenvalue weighted by Crippen LogP contribution is -2.39. The van der Waals surface area contributed by atoms with Crippen molar-refractivity contribution >= 4 is 23.5 Å². The standard InChI is InChI=1S/C16H14ClF3N4O/c17-12-3-1-9(16(18,19)20)6-11(12)14(25)23-10-2-4-13-8(5-10)7-22-15(21)24-13/h1,3,6-7,10H,2,4-5H2,(H,23,25)(H2,21,22,24). The van der Waals surface area contributed by atoms with Crippen LogP contribution in [0.4, 0.5) is 19.1 Å². The number of nitrogens with zero attached hydrogens (tertiary/aromatic N) is 2. The number of nitrogens with two attached hydrogens (primary N) is 1. The first-order valence-corrected chi connectivity index (χ1v) is 7.89. The molecule has 0 spiro atoms. The zero-order valence-corrected chi connectivity index (χ0v) is 13.7. The summed E-state index contributed by atoms with van der Waals surface area (Å²) in [4.78, 5) is 20.4. The maximum absolute atomic E-state index is 12.8. The van der Waals surface area contributed by atoms with Gasteiger partial charge in [-0.1, -0.05) is 11.6 Å². The lowest BCUT2D eigenvalue weighted by atomic mass is 9.92. The Kier molecular flexibility index (Phi) is 4.55. The number of nitrogens with one attached hydrogen (secondary N) is 1. The Morgan fingerprint density at radius 3 is 2.84 bits per heavy atom. The van der Waals surface area contributed by atoms with Crippen molar-refractivity contribution in [1.29, 1.82) is 0 Å². The summed E-state index contributed by atoms with van der Waals surface area (Å²) in [6, 6.07) is 2.44. The Morgan fingerprint density at radius 2 is 2.12 bits per heavy atom. The van der Waals surface area contributed by atoms with Crippen LogP contribution in [-0.4, -0.2) is 21.9 Å². The van der Waals surface area contributed by atoms with Crippen LogP contribution in [-0.2, 0) is 19.0 Å². The minimum Gasteiger partial charge on any atom is -0.368 e. The Labute approximate surface area is 146 Å². The molecule has 1 aliphatic rings. The number of benzene rings is 1. The average molecular weight is 371 g/mol. The van der Waals surface area contributed by atoms with Crippen molar-refractivity contribution in [3.63, 3.8) is 0 Å². The van der Waals surface area contributed by atoms with Gasteiger partial charge in [0.25, 0.3) is 5.91 Å². The van der Waals surface area contributed by atoms with Gasteiger partial charge in [-0.2, -0.15) is 13.2 Å². The minimum atomic E-state index is -4.54. The summed E-state index contributed by atoms with van der Waals surface area (Å²) in [7, 11) is 0. The van der Waals surface area contributed by atoms with E-state index in [4.69, 9.17) is 17.3 Å². The van der Waals surface area contributed by atoms with E-state index in [0.717, 1.165) is 29.5 Å². The van der Waals surface area contributed by atoms with Crippen molar-refractivity contribution in [3.05, 3.63) is 51.8 Å². The van der Waals surface area contributed by atoms with Gasteiger partial charge in [0, 0.05) is 17.9 Å². The molecule has 1 unspecified atom stereocenters. The SMILES string of the molecule is Nc1ncc2c(n1)CCC(NC(=O)c1cc(C(F)(F)F)ccc1Cl)C2. The summed E-state index contributed by atoms with van der Waals surface area (Å²) in [6.07, 6.45) is -1.25. The van der Waals surface area contributed by atoms with Crippen molar-refractivity contribution in [2.24, 2.45) is 0 Å². The van der Waals surface area contributed by atoms with Gasteiger partial charge >= 0.3 is 6.18 Å². The van der Waals surface area contributed by atoms with Gasteiger partial charge in [-0.3, -0.25) is 4.79 Å². The number of anilines is 1. The largest absolute Gasteiger partial charge is 0.416 e. The molecule has 132 valence electrons. The number of hydrogen-bond acceptors (Lipinski definition) is 4. The summed E-state index contributed by atoms with van der Waals surface area (Å²) >= 11 is 5.90. The fraction of sp³-hybridized carbons (Fsp3) is 0.312. The molecule has 0 radical (unpaired) electrons. The van der Waals surface area contributed by atoms with Crippen LogP contribution in [0.25, 0.3) is 0 Å². The Bertz CT molecular complexity index is 826. The first-order chi connectivity index (χ1) is 11.7. The molecule has 0 aliphatic heterocycles. The molecule has 1 amide bonds. The number of carbonyl (C=O) groups is 1. The van der Waals surface area contributed by atoms with Gasteiger partial charge in [0.15, 0.2) is 0 Å². The molecule has 3 rings (SSSR count). The fourth-order valence-corrected chi connectivity index (χ4v) is 2.99. The molecule has 9 heteroatoms. The van der Waals surface area contributed by atoms with E-state index in [1.807, 2.05) is 0 Å². The first kappa shape index (κ1) is 17.5. The van der Waals surface area contributed by atoms with E-state index >= 15 is 0 Å². The van der Waals surface area contributed by atoms with Crippen molar-refractivity contribution in [1.82, 2.24) is 15.3 Å². The number of aromatic nitrogens is 2. The third-order valence-corrected chi connectivity index (χ3v) is 4.37.